The highest BCUT2D eigenvalue weighted by molar-refractivity contribution is 7.80. The number of hydrogen-bond donors (Lipinski definition) is 8. The first-order valence-corrected chi connectivity index (χ1v) is 13.0. The van der Waals surface area contributed by atoms with Crippen LogP contribution in [0.2, 0.25) is 0 Å². The average molecular weight is 570 g/mol. The molecule has 3 amide bonds. The van der Waals surface area contributed by atoms with E-state index in [0.29, 0.717) is 5.56 Å². The molecule has 0 spiro atoms. The van der Waals surface area contributed by atoms with Gasteiger partial charge in [0.1, 0.15) is 18.1 Å². The molecule has 212 valence electrons. The Hall–Kier alpha value is -4.36. The van der Waals surface area contributed by atoms with Crippen molar-refractivity contribution >= 4 is 53.2 Å². The third kappa shape index (κ3) is 8.32. The first-order valence-electron chi connectivity index (χ1n) is 12.4. The number of carboxylic acids is 2. The van der Waals surface area contributed by atoms with E-state index in [1.807, 2.05) is 18.2 Å². The highest BCUT2D eigenvalue weighted by Gasteiger charge is 2.31. The number of fused-ring (bicyclic) bond motifs is 1. The van der Waals surface area contributed by atoms with Gasteiger partial charge in [0, 0.05) is 29.3 Å². The van der Waals surface area contributed by atoms with Crippen LogP contribution < -0.4 is 21.7 Å². The van der Waals surface area contributed by atoms with E-state index in [1.165, 1.54) is 0 Å². The Bertz CT molecular complexity index is 1360. The number of aromatic amines is 1. The summed E-state index contributed by atoms with van der Waals surface area (Å²) in [7, 11) is 0. The van der Waals surface area contributed by atoms with Gasteiger partial charge in [-0.3, -0.25) is 19.2 Å². The standard InChI is InChI=1S/C27H31N5O7S/c28-18(10-15-6-2-1-3-7-15)24(35)32-22(14-40)26(37)30-20(12-23(33)34)25(36)31-21(27(38)39)11-16-13-29-19-9-5-4-8-17(16)19/h1-9,13,18,20-22,29,40H,10-12,14,28H2,(H,30,37)(H,31,36)(H,32,35)(H,33,34)(H,38,39). The summed E-state index contributed by atoms with van der Waals surface area (Å²) < 4.78 is 0. The number of benzene rings is 2. The molecule has 2 aromatic carbocycles. The molecule has 3 rings (SSSR count). The number of thiol groups is 1. The number of carbonyl (C=O) groups excluding carboxylic acids is 3. The topological polar surface area (TPSA) is 204 Å². The van der Waals surface area contributed by atoms with Crippen molar-refractivity contribution in [3.63, 3.8) is 0 Å². The molecule has 1 aromatic heterocycles. The van der Waals surface area contributed by atoms with Crippen molar-refractivity contribution in [1.29, 1.82) is 0 Å². The minimum Gasteiger partial charge on any atom is -0.481 e. The zero-order valence-electron chi connectivity index (χ0n) is 21.4. The van der Waals surface area contributed by atoms with E-state index in [0.717, 1.165) is 16.5 Å². The van der Waals surface area contributed by atoms with Gasteiger partial charge in [-0.25, -0.2) is 4.79 Å². The fourth-order valence-electron chi connectivity index (χ4n) is 4.08. The first-order chi connectivity index (χ1) is 19.1. The van der Waals surface area contributed by atoms with Crippen LogP contribution in [0.25, 0.3) is 10.9 Å². The quantitative estimate of drug-likeness (QED) is 0.126. The number of para-hydroxylation sites is 1. The summed E-state index contributed by atoms with van der Waals surface area (Å²) in [6.45, 7) is 0. The maximum Gasteiger partial charge on any atom is 0.326 e. The molecule has 40 heavy (non-hydrogen) atoms. The van der Waals surface area contributed by atoms with Crippen LogP contribution >= 0.6 is 12.6 Å². The van der Waals surface area contributed by atoms with Crippen LogP contribution in [0.4, 0.5) is 0 Å². The molecule has 13 heteroatoms. The fourth-order valence-corrected chi connectivity index (χ4v) is 4.34. The second-order valence-electron chi connectivity index (χ2n) is 9.16. The molecule has 0 fully saturated rings. The lowest BCUT2D eigenvalue weighted by Gasteiger charge is -2.24. The first kappa shape index (κ1) is 30.2. The van der Waals surface area contributed by atoms with Crippen LogP contribution in [0, 0.1) is 0 Å². The predicted octanol–water partition coefficient (Wildman–Crippen LogP) is 0.224. The van der Waals surface area contributed by atoms with Gasteiger partial charge in [0.05, 0.1) is 12.5 Å². The molecule has 0 aliphatic carbocycles. The van der Waals surface area contributed by atoms with Gasteiger partial charge in [-0.1, -0.05) is 48.5 Å². The largest absolute Gasteiger partial charge is 0.481 e. The summed E-state index contributed by atoms with van der Waals surface area (Å²) in [4.78, 5) is 64.9. The number of hydrogen-bond acceptors (Lipinski definition) is 7. The summed E-state index contributed by atoms with van der Waals surface area (Å²) in [6, 6.07) is 11.0. The summed E-state index contributed by atoms with van der Waals surface area (Å²) in [5.74, 6) is -5.43. The summed E-state index contributed by atoms with van der Waals surface area (Å²) >= 11 is 4.09. The second-order valence-corrected chi connectivity index (χ2v) is 9.53. The Morgan fingerprint density at radius 2 is 1.40 bits per heavy atom. The number of rotatable bonds is 14. The van der Waals surface area contributed by atoms with Crippen LogP contribution in [0.1, 0.15) is 17.5 Å². The lowest BCUT2D eigenvalue weighted by Crippen LogP contribution is -2.58. The third-order valence-corrected chi connectivity index (χ3v) is 6.54. The lowest BCUT2D eigenvalue weighted by atomic mass is 10.0. The molecular weight excluding hydrogens is 538 g/mol. The molecule has 4 atom stereocenters. The van der Waals surface area contributed by atoms with Crippen LogP contribution in [0.15, 0.2) is 60.8 Å². The minimum absolute atomic E-state index is 0.0898. The third-order valence-electron chi connectivity index (χ3n) is 6.18. The number of nitrogens with one attached hydrogen (secondary N) is 4. The highest BCUT2D eigenvalue weighted by Crippen LogP contribution is 2.19. The van der Waals surface area contributed by atoms with Crippen LogP contribution in [0.5, 0.6) is 0 Å². The number of carboxylic acid groups (broad SMARTS) is 2. The van der Waals surface area contributed by atoms with Gasteiger partial charge in [0.15, 0.2) is 0 Å². The van der Waals surface area contributed by atoms with Crippen molar-refractivity contribution in [2.45, 2.75) is 43.4 Å². The second kappa shape index (κ2) is 14.1. The molecular formula is C27H31N5O7S. The molecule has 0 radical (unpaired) electrons. The maximum atomic E-state index is 13.0. The average Bonchev–Trinajstić information content (AvgIpc) is 3.33. The van der Waals surface area contributed by atoms with E-state index in [4.69, 9.17) is 5.73 Å². The van der Waals surface area contributed by atoms with Crippen molar-refractivity contribution < 1.29 is 34.2 Å². The van der Waals surface area contributed by atoms with Gasteiger partial charge in [-0.15, -0.1) is 0 Å². The van der Waals surface area contributed by atoms with Gasteiger partial charge < -0.3 is 36.9 Å². The maximum absolute atomic E-state index is 13.0. The molecule has 1 heterocycles. The van der Waals surface area contributed by atoms with E-state index >= 15 is 0 Å². The van der Waals surface area contributed by atoms with E-state index in [-0.39, 0.29) is 18.6 Å². The Balaban J connectivity index is 1.66. The van der Waals surface area contributed by atoms with Gasteiger partial charge in [-0.05, 0) is 23.6 Å². The molecule has 8 N–H and O–H groups in total. The number of amides is 3. The summed E-state index contributed by atoms with van der Waals surface area (Å²) in [5.41, 5.74) is 8.20. The molecule has 0 saturated carbocycles. The monoisotopic (exact) mass is 569 g/mol. The Kier molecular flexibility index (Phi) is 10.7. The Morgan fingerprint density at radius 3 is 2.05 bits per heavy atom. The van der Waals surface area contributed by atoms with Gasteiger partial charge in [0.2, 0.25) is 17.7 Å². The summed E-state index contributed by atoms with van der Waals surface area (Å²) in [5, 5.41) is 26.9. The molecule has 0 saturated heterocycles. The zero-order valence-corrected chi connectivity index (χ0v) is 22.3. The predicted molar refractivity (Wildman–Crippen MR) is 150 cm³/mol. The molecule has 0 aliphatic heterocycles. The molecule has 0 aliphatic rings. The van der Waals surface area contributed by atoms with E-state index in [1.54, 1.807) is 42.6 Å². The molecule has 4 unspecified atom stereocenters. The number of carbonyl (C=O) groups is 5. The molecule has 3 aromatic rings. The number of aliphatic carboxylic acids is 2. The Labute approximate surface area is 235 Å². The molecule has 12 nitrogen and oxygen atoms in total. The van der Waals surface area contributed by atoms with Crippen molar-refractivity contribution in [1.82, 2.24) is 20.9 Å². The SMILES string of the molecule is NC(Cc1ccccc1)C(=O)NC(CS)C(=O)NC(CC(=O)O)C(=O)NC(Cc1c[nH]c2ccccc12)C(=O)O. The highest BCUT2D eigenvalue weighted by atomic mass is 32.1. The van der Waals surface area contributed by atoms with E-state index < -0.39 is 60.2 Å². The van der Waals surface area contributed by atoms with Crippen molar-refractivity contribution in [3.05, 3.63) is 71.9 Å². The van der Waals surface area contributed by atoms with Crippen molar-refractivity contribution in [2.75, 3.05) is 5.75 Å². The van der Waals surface area contributed by atoms with Crippen molar-refractivity contribution in [2.24, 2.45) is 5.73 Å². The van der Waals surface area contributed by atoms with Gasteiger partial charge >= 0.3 is 11.9 Å². The smallest absolute Gasteiger partial charge is 0.326 e. The zero-order chi connectivity index (χ0) is 29.2. The van der Waals surface area contributed by atoms with E-state index in [9.17, 15) is 34.2 Å². The number of aromatic nitrogens is 1. The van der Waals surface area contributed by atoms with Gasteiger partial charge in [-0.2, -0.15) is 12.6 Å². The molecule has 0 bridgehead atoms. The van der Waals surface area contributed by atoms with Gasteiger partial charge in [0.25, 0.3) is 0 Å². The Morgan fingerprint density at radius 1 is 0.800 bits per heavy atom. The fraction of sp³-hybridized carbons (Fsp3) is 0.296. The minimum atomic E-state index is -1.62. The van der Waals surface area contributed by atoms with Crippen LogP contribution in [-0.2, 0) is 36.8 Å². The normalized spacial score (nSPS) is 13.9. The number of H-pyrrole nitrogens is 1. The number of nitrogens with two attached hydrogens (primary N) is 1. The lowest BCUT2D eigenvalue weighted by molar-refractivity contribution is -0.143. The summed E-state index contributed by atoms with van der Waals surface area (Å²) in [6.07, 6.45) is 0.932. The van der Waals surface area contributed by atoms with Crippen molar-refractivity contribution in [3.8, 4) is 0 Å². The van der Waals surface area contributed by atoms with Crippen LogP contribution in [0.3, 0.4) is 0 Å². The van der Waals surface area contributed by atoms with E-state index in [2.05, 4.69) is 33.6 Å². The van der Waals surface area contributed by atoms with Crippen LogP contribution in [-0.4, -0.2) is 74.8 Å².